The van der Waals surface area contributed by atoms with Gasteiger partial charge in [0, 0.05) is 12.6 Å². The van der Waals surface area contributed by atoms with Crippen LogP contribution >= 0.6 is 0 Å². The molecule has 0 radical (unpaired) electrons. The Kier molecular flexibility index (Phi) is 6.62. The average Bonchev–Trinajstić information content (AvgIpc) is 2.46. The van der Waals surface area contributed by atoms with Gasteiger partial charge < -0.3 is 25.0 Å². The molecule has 0 fully saturated rings. The number of methoxy groups -OCH3 is 2. The molecule has 1 aromatic rings. The molecule has 0 saturated carbocycles. The Bertz CT molecular complexity index is 384. The molecule has 0 aliphatic heterocycles. The van der Waals surface area contributed by atoms with Crippen LogP contribution < -0.4 is 14.8 Å². The van der Waals surface area contributed by atoms with Crippen molar-refractivity contribution in [2.75, 3.05) is 27.4 Å². The standard InChI is InChI=1S/C14H23NO4/c1-4-11(15-7-8-16)14(17)10-5-6-12(18-2)13(9-10)19-3/h5-6,9,11,14-17H,4,7-8H2,1-3H3. The summed E-state index contributed by atoms with van der Waals surface area (Å²) < 4.78 is 10.4. The van der Waals surface area contributed by atoms with Gasteiger partial charge in [-0.1, -0.05) is 13.0 Å². The number of hydrogen-bond donors (Lipinski definition) is 3. The van der Waals surface area contributed by atoms with Gasteiger partial charge in [-0.2, -0.15) is 0 Å². The van der Waals surface area contributed by atoms with Crippen LogP contribution in [-0.2, 0) is 0 Å². The maximum absolute atomic E-state index is 10.3. The lowest BCUT2D eigenvalue weighted by Gasteiger charge is -2.23. The van der Waals surface area contributed by atoms with Crippen molar-refractivity contribution < 1.29 is 19.7 Å². The molecule has 108 valence electrons. The summed E-state index contributed by atoms with van der Waals surface area (Å²) in [6.45, 7) is 2.50. The van der Waals surface area contributed by atoms with Gasteiger partial charge in [-0.15, -0.1) is 0 Å². The van der Waals surface area contributed by atoms with Crippen molar-refractivity contribution in [3.05, 3.63) is 23.8 Å². The van der Waals surface area contributed by atoms with Crippen LogP contribution in [-0.4, -0.2) is 43.6 Å². The summed E-state index contributed by atoms with van der Waals surface area (Å²) in [5.74, 6) is 1.23. The Balaban J connectivity index is 2.88. The van der Waals surface area contributed by atoms with Gasteiger partial charge >= 0.3 is 0 Å². The minimum absolute atomic E-state index is 0.0507. The predicted octanol–water partition coefficient (Wildman–Crippen LogP) is 1.10. The van der Waals surface area contributed by atoms with E-state index in [9.17, 15) is 5.11 Å². The zero-order valence-electron chi connectivity index (χ0n) is 11.7. The number of aliphatic hydroxyl groups excluding tert-OH is 2. The highest BCUT2D eigenvalue weighted by Crippen LogP contribution is 2.31. The van der Waals surface area contributed by atoms with Crippen LogP contribution in [0.25, 0.3) is 0 Å². The fraction of sp³-hybridized carbons (Fsp3) is 0.571. The largest absolute Gasteiger partial charge is 0.493 e. The molecule has 5 nitrogen and oxygen atoms in total. The van der Waals surface area contributed by atoms with Crippen LogP contribution in [0, 0.1) is 0 Å². The molecule has 0 spiro atoms. The lowest BCUT2D eigenvalue weighted by molar-refractivity contribution is 0.122. The fourth-order valence-corrected chi connectivity index (χ4v) is 2.00. The van der Waals surface area contributed by atoms with Gasteiger partial charge in [-0.25, -0.2) is 0 Å². The van der Waals surface area contributed by atoms with E-state index in [4.69, 9.17) is 14.6 Å². The Morgan fingerprint density at radius 2 is 1.89 bits per heavy atom. The highest BCUT2D eigenvalue weighted by atomic mass is 16.5. The number of aliphatic hydroxyl groups is 2. The summed E-state index contributed by atoms with van der Waals surface area (Å²) >= 11 is 0. The highest BCUT2D eigenvalue weighted by molar-refractivity contribution is 5.43. The highest BCUT2D eigenvalue weighted by Gasteiger charge is 2.20. The predicted molar refractivity (Wildman–Crippen MR) is 73.7 cm³/mol. The minimum atomic E-state index is -0.656. The van der Waals surface area contributed by atoms with Gasteiger partial charge in [0.1, 0.15) is 0 Å². The Hall–Kier alpha value is -1.30. The van der Waals surface area contributed by atoms with E-state index in [2.05, 4.69) is 5.32 Å². The molecule has 0 amide bonds. The molecule has 0 aliphatic carbocycles. The molecule has 1 rings (SSSR count). The summed E-state index contributed by atoms with van der Waals surface area (Å²) in [6, 6.07) is 5.25. The third-order valence-corrected chi connectivity index (χ3v) is 3.09. The smallest absolute Gasteiger partial charge is 0.161 e. The van der Waals surface area contributed by atoms with Crippen molar-refractivity contribution in [1.82, 2.24) is 5.32 Å². The van der Waals surface area contributed by atoms with Crippen molar-refractivity contribution in [3.63, 3.8) is 0 Å². The second-order valence-electron chi connectivity index (χ2n) is 4.25. The van der Waals surface area contributed by atoms with Crippen molar-refractivity contribution in [2.24, 2.45) is 0 Å². The number of rotatable bonds is 8. The normalized spacial score (nSPS) is 13.9. The van der Waals surface area contributed by atoms with Crippen LogP contribution in [0.1, 0.15) is 25.0 Å². The van der Waals surface area contributed by atoms with E-state index in [1.165, 1.54) is 0 Å². The molecule has 1 aromatic carbocycles. The molecular formula is C14H23NO4. The van der Waals surface area contributed by atoms with Gasteiger partial charge in [0.05, 0.1) is 26.9 Å². The molecule has 2 atom stereocenters. The lowest BCUT2D eigenvalue weighted by Crippen LogP contribution is -2.36. The summed E-state index contributed by atoms with van der Waals surface area (Å²) in [5, 5.41) is 22.3. The van der Waals surface area contributed by atoms with E-state index in [1.807, 2.05) is 13.0 Å². The van der Waals surface area contributed by atoms with Gasteiger partial charge in [0.25, 0.3) is 0 Å². The SMILES string of the molecule is CCC(NCCO)C(O)c1ccc(OC)c(OC)c1. The fourth-order valence-electron chi connectivity index (χ4n) is 2.00. The number of ether oxygens (including phenoxy) is 2. The van der Waals surface area contributed by atoms with Crippen molar-refractivity contribution in [3.8, 4) is 11.5 Å². The zero-order valence-corrected chi connectivity index (χ0v) is 11.7. The third-order valence-electron chi connectivity index (χ3n) is 3.09. The molecule has 3 N–H and O–H groups in total. The third kappa shape index (κ3) is 4.09. The molecule has 0 heterocycles. The first-order valence-corrected chi connectivity index (χ1v) is 6.42. The Morgan fingerprint density at radius 1 is 1.21 bits per heavy atom. The maximum Gasteiger partial charge on any atom is 0.161 e. The second-order valence-corrected chi connectivity index (χ2v) is 4.25. The summed E-state index contributed by atoms with van der Waals surface area (Å²) in [5.41, 5.74) is 0.759. The molecule has 5 heteroatoms. The molecule has 0 aliphatic rings. The lowest BCUT2D eigenvalue weighted by atomic mass is 10.00. The van der Waals surface area contributed by atoms with E-state index in [-0.39, 0.29) is 12.6 Å². The first-order chi connectivity index (χ1) is 9.17. The Labute approximate surface area is 114 Å². The second kappa shape index (κ2) is 7.99. The zero-order chi connectivity index (χ0) is 14.3. The van der Waals surface area contributed by atoms with E-state index < -0.39 is 6.10 Å². The monoisotopic (exact) mass is 269 g/mol. The van der Waals surface area contributed by atoms with Crippen molar-refractivity contribution in [1.29, 1.82) is 0 Å². The van der Waals surface area contributed by atoms with E-state index in [1.54, 1.807) is 26.4 Å². The average molecular weight is 269 g/mol. The van der Waals surface area contributed by atoms with E-state index in [0.29, 0.717) is 18.0 Å². The first kappa shape index (κ1) is 15.8. The number of nitrogens with one attached hydrogen (secondary N) is 1. The molecule has 2 unspecified atom stereocenters. The van der Waals surface area contributed by atoms with Crippen LogP contribution in [0.4, 0.5) is 0 Å². The molecule has 0 aromatic heterocycles. The van der Waals surface area contributed by atoms with E-state index in [0.717, 1.165) is 12.0 Å². The topological polar surface area (TPSA) is 71.0 Å². The van der Waals surface area contributed by atoms with Gasteiger partial charge in [0.2, 0.25) is 0 Å². The first-order valence-electron chi connectivity index (χ1n) is 6.42. The Morgan fingerprint density at radius 3 is 2.42 bits per heavy atom. The number of benzene rings is 1. The van der Waals surface area contributed by atoms with Crippen LogP contribution in [0.5, 0.6) is 11.5 Å². The van der Waals surface area contributed by atoms with Crippen LogP contribution in [0.2, 0.25) is 0 Å². The molecule has 0 bridgehead atoms. The number of hydrogen-bond acceptors (Lipinski definition) is 5. The minimum Gasteiger partial charge on any atom is -0.493 e. The summed E-state index contributed by atoms with van der Waals surface area (Å²) in [4.78, 5) is 0. The molecule has 0 saturated heterocycles. The van der Waals surface area contributed by atoms with Crippen molar-refractivity contribution in [2.45, 2.75) is 25.5 Å². The van der Waals surface area contributed by atoms with E-state index >= 15 is 0 Å². The van der Waals surface area contributed by atoms with Gasteiger partial charge in [-0.3, -0.25) is 0 Å². The van der Waals surface area contributed by atoms with Crippen LogP contribution in [0.3, 0.4) is 0 Å². The summed E-state index contributed by atoms with van der Waals surface area (Å²) in [7, 11) is 3.14. The van der Waals surface area contributed by atoms with Crippen molar-refractivity contribution >= 4 is 0 Å². The van der Waals surface area contributed by atoms with Gasteiger partial charge in [0.15, 0.2) is 11.5 Å². The maximum atomic E-state index is 10.3. The van der Waals surface area contributed by atoms with Crippen LogP contribution in [0.15, 0.2) is 18.2 Å². The summed E-state index contributed by atoms with van der Waals surface area (Å²) in [6.07, 6.45) is 0.103. The molecular weight excluding hydrogens is 246 g/mol. The van der Waals surface area contributed by atoms with Gasteiger partial charge in [-0.05, 0) is 24.1 Å². The molecule has 19 heavy (non-hydrogen) atoms. The quantitative estimate of drug-likeness (QED) is 0.659.